The number of carbonyl (C=O) groups is 1. The van der Waals surface area contributed by atoms with Crippen LogP contribution in [-0.2, 0) is 10.5 Å². The molecule has 0 radical (unpaired) electrons. The number of carboxylic acids is 1. The molecule has 0 bridgehead atoms. The second-order valence-corrected chi connectivity index (χ2v) is 4.74. The van der Waals surface area contributed by atoms with E-state index in [2.05, 4.69) is 0 Å². The zero-order valence-corrected chi connectivity index (χ0v) is 10.5. The van der Waals surface area contributed by atoms with E-state index in [1.807, 2.05) is 0 Å². The summed E-state index contributed by atoms with van der Waals surface area (Å²) in [6.07, 6.45) is 0. The van der Waals surface area contributed by atoms with Crippen LogP contribution in [0.25, 0.3) is 0 Å². The zero-order valence-electron chi connectivity index (χ0n) is 9.71. The minimum atomic E-state index is -1.51. The van der Waals surface area contributed by atoms with Crippen LogP contribution in [0.3, 0.4) is 0 Å². The van der Waals surface area contributed by atoms with Crippen LogP contribution in [0.2, 0.25) is 5.02 Å². The Kier molecular flexibility index (Phi) is 4.11. The van der Waals surface area contributed by atoms with Crippen molar-refractivity contribution in [1.29, 1.82) is 0 Å². The maximum absolute atomic E-state index is 13.7. The van der Waals surface area contributed by atoms with Crippen LogP contribution in [0.5, 0.6) is 0 Å². The third-order valence-corrected chi connectivity index (χ3v) is 2.92. The van der Waals surface area contributed by atoms with Gasteiger partial charge in [0.15, 0.2) is 0 Å². The Morgan fingerprint density at radius 2 is 2.18 bits per heavy atom. The van der Waals surface area contributed by atoms with E-state index < -0.39 is 17.6 Å². The topological polar surface area (TPSA) is 63.3 Å². The van der Waals surface area contributed by atoms with Crippen molar-refractivity contribution in [3.8, 4) is 0 Å². The molecular formula is C12H15ClFNO2. The fraction of sp³-hybridized carbons (Fsp3) is 0.417. The first-order valence-electron chi connectivity index (χ1n) is 5.19. The lowest BCUT2D eigenvalue weighted by Crippen LogP contribution is -2.21. The summed E-state index contributed by atoms with van der Waals surface area (Å²) in [4.78, 5) is 11.0. The summed E-state index contributed by atoms with van der Waals surface area (Å²) >= 11 is 5.97. The third-order valence-electron chi connectivity index (χ3n) is 2.60. The van der Waals surface area contributed by atoms with Crippen molar-refractivity contribution in [2.75, 3.05) is 6.54 Å². The van der Waals surface area contributed by atoms with Crippen molar-refractivity contribution in [1.82, 2.24) is 0 Å². The highest BCUT2D eigenvalue weighted by Gasteiger charge is 2.24. The summed E-state index contributed by atoms with van der Waals surface area (Å²) in [6.45, 7) is 2.78. The number of carboxylic acid groups (broad SMARTS) is 1. The van der Waals surface area contributed by atoms with Gasteiger partial charge in [-0.25, -0.2) is 4.39 Å². The molecule has 1 aromatic rings. The molecule has 1 rings (SSSR count). The number of rotatable bonds is 4. The first-order chi connectivity index (χ1) is 7.77. The third kappa shape index (κ3) is 3.17. The Morgan fingerprint density at radius 1 is 1.59 bits per heavy atom. The van der Waals surface area contributed by atoms with Crippen molar-refractivity contribution in [3.63, 3.8) is 0 Å². The SMILES string of the molecule is CC(C)(F)c1ccc(C(CN)C(=O)O)c(Cl)c1. The van der Waals surface area contributed by atoms with Gasteiger partial charge in [0.05, 0.1) is 5.92 Å². The van der Waals surface area contributed by atoms with Crippen LogP contribution in [-0.4, -0.2) is 17.6 Å². The van der Waals surface area contributed by atoms with Crippen LogP contribution in [0.1, 0.15) is 30.9 Å². The fourth-order valence-electron chi connectivity index (χ4n) is 1.54. The Labute approximate surface area is 104 Å². The fourth-order valence-corrected chi connectivity index (χ4v) is 1.85. The Hall–Kier alpha value is -1.13. The second-order valence-electron chi connectivity index (χ2n) is 4.34. The molecule has 1 atom stereocenters. The number of hydrogen-bond donors (Lipinski definition) is 2. The van der Waals surface area contributed by atoms with Crippen LogP contribution in [0.15, 0.2) is 18.2 Å². The molecular weight excluding hydrogens is 245 g/mol. The van der Waals surface area contributed by atoms with Crippen molar-refractivity contribution >= 4 is 17.6 Å². The molecule has 17 heavy (non-hydrogen) atoms. The van der Waals surface area contributed by atoms with Crippen LogP contribution >= 0.6 is 11.6 Å². The number of benzene rings is 1. The minimum absolute atomic E-state index is 0.0482. The van der Waals surface area contributed by atoms with Crippen molar-refractivity contribution in [2.45, 2.75) is 25.4 Å². The molecule has 0 heterocycles. The zero-order chi connectivity index (χ0) is 13.2. The highest BCUT2D eigenvalue weighted by atomic mass is 35.5. The molecule has 5 heteroatoms. The van der Waals surface area contributed by atoms with Crippen LogP contribution in [0, 0.1) is 0 Å². The summed E-state index contributed by atoms with van der Waals surface area (Å²) in [5, 5.41) is 9.20. The van der Waals surface area contributed by atoms with Crippen molar-refractivity contribution < 1.29 is 14.3 Å². The molecule has 94 valence electrons. The van der Waals surface area contributed by atoms with E-state index >= 15 is 0 Å². The van der Waals surface area contributed by atoms with Gasteiger partial charge in [-0.3, -0.25) is 4.79 Å². The average molecular weight is 260 g/mol. The van der Waals surface area contributed by atoms with E-state index in [-0.39, 0.29) is 11.6 Å². The molecule has 3 N–H and O–H groups in total. The summed E-state index contributed by atoms with van der Waals surface area (Å²) in [6, 6.07) is 4.50. The second kappa shape index (κ2) is 5.02. The molecule has 1 aromatic carbocycles. The summed E-state index contributed by atoms with van der Waals surface area (Å²) in [7, 11) is 0. The first kappa shape index (κ1) is 13.9. The molecule has 0 saturated heterocycles. The number of halogens is 2. The predicted octanol–water partition coefficient (Wildman–Crippen LogP) is 2.67. The van der Waals surface area contributed by atoms with E-state index in [4.69, 9.17) is 22.4 Å². The molecule has 3 nitrogen and oxygen atoms in total. The molecule has 0 aliphatic carbocycles. The first-order valence-corrected chi connectivity index (χ1v) is 5.57. The van der Waals surface area contributed by atoms with Crippen LogP contribution < -0.4 is 5.73 Å². The minimum Gasteiger partial charge on any atom is -0.481 e. The van der Waals surface area contributed by atoms with E-state index in [0.29, 0.717) is 11.1 Å². The molecule has 0 aliphatic heterocycles. The van der Waals surface area contributed by atoms with Gasteiger partial charge < -0.3 is 10.8 Å². The van der Waals surface area contributed by atoms with E-state index in [1.54, 1.807) is 0 Å². The highest BCUT2D eigenvalue weighted by Crippen LogP contribution is 2.31. The van der Waals surface area contributed by atoms with Crippen molar-refractivity contribution in [2.24, 2.45) is 5.73 Å². The summed E-state index contributed by atoms with van der Waals surface area (Å²) in [5.41, 5.74) is 4.70. The Morgan fingerprint density at radius 3 is 2.53 bits per heavy atom. The van der Waals surface area contributed by atoms with Gasteiger partial charge in [-0.2, -0.15) is 0 Å². The Balaban J connectivity index is 3.18. The smallest absolute Gasteiger partial charge is 0.312 e. The number of hydrogen-bond acceptors (Lipinski definition) is 2. The maximum Gasteiger partial charge on any atom is 0.312 e. The van der Waals surface area contributed by atoms with Crippen LogP contribution in [0.4, 0.5) is 4.39 Å². The molecule has 0 aromatic heterocycles. The lowest BCUT2D eigenvalue weighted by molar-refractivity contribution is -0.138. The summed E-state index contributed by atoms with van der Waals surface area (Å²) < 4.78 is 13.7. The lowest BCUT2D eigenvalue weighted by Gasteiger charge is -2.18. The predicted molar refractivity (Wildman–Crippen MR) is 65.0 cm³/mol. The standard InChI is InChI=1S/C12H15ClFNO2/c1-12(2,14)7-3-4-8(10(13)5-7)9(6-15)11(16)17/h3-5,9H,6,15H2,1-2H3,(H,16,17). The van der Waals surface area contributed by atoms with Gasteiger partial charge in [0.1, 0.15) is 5.67 Å². The molecule has 0 fully saturated rings. The van der Waals surface area contributed by atoms with Gasteiger partial charge in [0.2, 0.25) is 0 Å². The van der Waals surface area contributed by atoms with Gasteiger partial charge in [-0.05, 0) is 31.0 Å². The molecule has 0 amide bonds. The van der Waals surface area contributed by atoms with E-state index in [0.717, 1.165) is 0 Å². The molecule has 1 unspecified atom stereocenters. The van der Waals surface area contributed by atoms with Gasteiger partial charge >= 0.3 is 5.97 Å². The van der Waals surface area contributed by atoms with Crippen molar-refractivity contribution in [3.05, 3.63) is 34.3 Å². The number of nitrogens with two attached hydrogens (primary N) is 1. The Bertz CT molecular complexity index is 429. The molecule has 0 saturated carbocycles. The quantitative estimate of drug-likeness (QED) is 0.874. The molecule has 0 spiro atoms. The normalized spacial score (nSPS) is 13.5. The highest BCUT2D eigenvalue weighted by molar-refractivity contribution is 6.31. The lowest BCUT2D eigenvalue weighted by atomic mass is 9.94. The van der Waals surface area contributed by atoms with Gasteiger partial charge in [0, 0.05) is 11.6 Å². The van der Waals surface area contributed by atoms with E-state index in [1.165, 1.54) is 32.0 Å². The van der Waals surface area contributed by atoms with Gasteiger partial charge in [-0.1, -0.05) is 23.7 Å². The largest absolute Gasteiger partial charge is 0.481 e. The summed E-state index contributed by atoms with van der Waals surface area (Å²) in [5.74, 6) is -1.90. The molecule has 0 aliphatic rings. The number of alkyl halides is 1. The number of aliphatic carboxylic acids is 1. The van der Waals surface area contributed by atoms with E-state index in [9.17, 15) is 9.18 Å². The maximum atomic E-state index is 13.7. The average Bonchev–Trinajstić information content (AvgIpc) is 2.19. The van der Waals surface area contributed by atoms with Gasteiger partial charge in [0.25, 0.3) is 0 Å². The monoisotopic (exact) mass is 259 g/mol. The van der Waals surface area contributed by atoms with Gasteiger partial charge in [-0.15, -0.1) is 0 Å².